The molecule has 0 atom stereocenters. The van der Waals surface area contributed by atoms with E-state index in [4.69, 9.17) is 7.06 Å². The number of pyridine rings is 1. The van der Waals surface area contributed by atoms with Crippen molar-refractivity contribution in [1.29, 1.82) is 0 Å². The number of rotatable bonds is 4. The summed E-state index contributed by atoms with van der Waals surface area (Å²) < 4.78 is 12.0. The van der Waals surface area contributed by atoms with E-state index in [0.717, 1.165) is 33.5 Å². The van der Waals surface area contributed by atoms with Crippen LogP contribution in [0, 0.1) is 6.92 Å². The summed E-state index contributed by atoms with van der Waals surface area (Å²) in [6, 6.07) is 24.4. The molecule has 1 aromatic heterocycles. The van der Waals surface area contributed by atoms with Gasteiger partial charge >= 0.3 is 149 Å². The Hall–Kier alpha value is -2.43. The quantitative estimate of drug-likeness (QED) is 0.488. The molecule has 0 bridgehead atoms. The van der Waals surface area contributed by atoms with Crippen LogP contribution in [-0.2, 0) is 0 Å². The molecule has 1 heterocycles. The van der Waals surface area contributed by atoms with Crippen LogP contribution in [0.4, 0.5) is 0 Å². The number of fused-ring (bicyclic) bond motifs is 2. The zero-order valence-corrected chi connectivity index (χ0v) is 15.7. The van der Waals surface area contributed by atoms with Gasteiger partial charge in [-0.25, -0.2) is 0 Å². The van der Waals surface area contributed by atoms with Gasteiger partial charge in [-0.1, -0.05) is 0 Å². The number of aryl methyl sites for hydroxylation is 1. The topological polar surface area (TPSA) is 31.4 Å². The van der Waals surface area contributed by atoms with Crippen LogP contribution in [0.15, 0.2) is 72.8 Å². The molecule has 0 N–H and O–H groups in total. The molecule has 4 rings (SSSR count). The van der Waals surface area contributed by atoms with Gasteiger partial charge in [-0.3, -0.25) is 0 Å². The van der Waals surface area contributed by atoms with Crippen LogP contribution in [0.5, 0.6) is 11.5 Å². The molecule has 0 aliphatic rings. The summed E-state index contributed by atoms with van der Waals surface area (Å²) in [4.78, 5) is 4.60. The third kappa shape index (κ3) is 2.98. The SMILES string of the molecule is Cc1ccc2cccc([O][Ga][O]c3cccc4ccccc34)c2n1. The van der Waals surface area contributed by atoms with Gasteiger partial charge in [0.1, 0.15) is 0 Å². The summed E-state index contributed by atoms with van der Waals surface area (Å²) in [6.45, 7) is 1.99. The van der Waals surface area contributed by atoms with Crippen LogP contribution in [0.3, 0.4) is 0 Å². The predicted molar refractivity (Wildman–Crippen MR) is 97.4 cm³/mol. The van der Waals surface area contributed by atoms with Gasteiger partial charge in [0.2, 0.25) is 0 Å². The van der Waals surface area contributed by atoms with E-state index < -0.39 is 18.1 Å². The van der Waals surface area contributed by atoms with E-state index in [1.165, 1.54) is 5.39 Å². The summed E-state index contributed by atoms with van der Waals surface area (Å²) >= 11 is -1.38. The maximum atomic E-state index is 6.01. The molecule has 3 aromatic carbocycles. The Labute approximate surface area is 148 Å². The fraction of sp³-hybridized carbons (Fsp3) is 0.0500. The first kappa shape index (κ1) is 15.1. The average molecular weight is 371 g/mol. The van der Waals surface area contributed by atoms with Crippen molar-refractivity contribution in [2.24, 2.45) is 0 Å². The van der Waals surface area contributed by atoms with Crippen LogP contribution in [0.25, 0.3) is 21.7 Å². The fourth-order valence-corrected chi connectivity index (χ4v) is 4.10. The minimum absolute atomic E-state index is 0.802. The second kappa shape index (κ2) is 6.59. The van der Waals surface area contributed by atoms with E-state index in [9.17, 15) is 0 Å². The van der Waals surface area contributed by atoms with Crippen molar-refractivity contribution in [3.8, 4) is 11.5 Å². The molecular weight excluding hydrogens is 356 g/mol. The molecule has 3 nitrogen and oxygen atoms in total. The van der Waals surface area contributed by atoms with Gasteiger partial charge < -0.3 is 0 Å². The summed E-state index contributed by atoms with van der Waals surface area (Å²) in [5, 5.41) is 3.38. The van der Waals surface area contributed by atoms with E-state index in [-0.39, 0.29) is 0 Å². The molecule has 0 fully saturated rings. The minimum atomic E-state index is -1.38. The fourth-order valence-electron chi connectivity index (χ4n) is 2.74. The zero-order chi connectivity index (χ0) is 16.4. The first-order valence-corrected chi connectivity index (χ1v) is 9.78. The van der Waals surface area contributed by atoms with E-state index in [1.807, 2.05) is 55.5 Å². The third-order valence-electron chi connectivity index (χ3n) is 3.92. The average Bonchev–Trinajstić information content (AvgIpc) is 2.62. The standard InChI is InChI=1S/C10H9NO.C10H8O.Ga/c1-7-5-6-8-3-2-4-9(12)10(8)11-7;11-10-7-3-5-8-4-1-2-6-9(8)10;/h2-6,12H,1H3;1-7,11H;/q;;+2/p-2. The monoisotopic (exact) mass is 370 g/mol. The summed E-state index contributed by atoms with van der Waals surface area (Å²) in [7, 11) is 0. The normalized spacial score (nSPS) is 10.7. The van der Waals surface area contributed by atoms with Crippen molar-refractivity contribution >= 4 is 39.8 Å². The second-order valence-corrected chi connectivity index (χ2v) is 6.98. The first-order valence-electron chi connectivity index (χ1n) is 7.80. The molecule has 115 valence electrons. The zero-order valence-electron chi connectivity index (χ0n) is 13.3. The molecule has 0 amide bonds. The molecule has 0 aliphatic carbocycles. The van der Waals surface area contributed by atoms with Gasteiger partial charge in [-0.15, -0.1) is 0 Å². The van der Waals surface area contributed by atoms with Gasteiger partial charge in [0.15, 0.2) is 0 Å². The number of aromatic nitrogens is 1. The maximum absolute atomic E-state index is 6.01. The van der Waals surface area contributed by atoms with Crippen molar-refractivity contribution in [3.63, 3.8) is 0 Å². The first-order chi connectivity index (χ1) is 11.8. The molecule has 24 heavy (non-hydrogen) atoms. The molecule has 4 aromatic rings. The summed E-state index contributed by atoms with van der Waals surface area (Å²) in [5.41, 5.74) is 1.88. The molecular formula is C20H15GaNO2. The van der Waals surface area contributed by atoms with Crippen LogP contribution in [0.1, 0.15) is 5.69 Å². The van der Waals surface area contributed by atoms with Crippen LogP contribution in [0.2, 0.25) is 0 Å². The van der Waals surface area contributed by atoms with Crippen LogP contribution >= 0.6 is 0 Å². The van der Waals surface area contributed by atoms with Gasteiger partial charge in [0.25, 0.3) is 0 Å². The number of hydrogen-bond acceptors (Lipinski definition) is 3. The molecule has 0 unspecified atom stereocenters. The van der Waals surface area contributed by atoms with E-state index in [1.54, 1.807) is 0 Å². The Morgan fingerprint density at radius 2 is 1.42 bits per heavy atom. The van der Waals surface area contributed by atoms with Crippen molar-refractivity contribution in [1.82, 2.24) is 4.98 Å². The number of para-hydroxylation sites is 1. The third-order valence-corrected chi connectivity index (χ3v) is 5.39. The Balaban J connectivity index is 1.56. The summed E-state index contributed by atoms with van der Waals surface area (Å²) in [5.74, 6) is 1.69. The molecule has 0 saturated carbocycles. The van der Waals surface area contributed by atoms with Gasteiger partial charge in [-0.05, 0) is 0 Å². The Kier molecular flexibility index (Phi) is 4.15. The van der Waals surface area contributed by atoms with Gasteiger partial charge in [0.05, 0.1) is 0 Å². The number of nitrogens with zero attached hydrogens (tertiary/aromatic N) is 1. The second-order valence-electron chi connectivity index (χ2n) is 5.59. The van der Waals surface area contributed by atoms with E-state index >= 15 is 0 Å². The molecule has 4 heteroatoms. The van der Waals surface area contributed by atoms with Crippen molar-refractivity contribution < 1.29 is 7.06 Å². The molecule has 0 spiro atoms. The Morgan fingerprint density at radius 3 is 2.33 bits per heavy atom. The summed E-state index contributed by atoms with van der Waals surface area (Å²) in [6.07, 6.45) is 0. The van der Waals surface area contributed by atoms with Crippen molar-refractivity contribution in [2.45, 2.75) is 6.92 Å². The molecule has 0 saturated heterocycles. The number of hydrogen-bond donors (Lipinski definition) is 0. The van der Waals surface area contributed by atoms with Gasteiger partial charge in [0, 0.05) is 0 Å². The van der Waals surface area contributed by atoms with Crippen molar-refractivity contribution in [2.75, 3.05) is 0 Å². The molecule has 1 radical (unpaired) electrons. The van der Waals surface area contributed by atoms with Crippen LogP contribution in [-0.4, -0.2) is 23.1 Å². The van der Waals surface area contributed by atoms with Crippen LogP contribution < -0.4 is 7.06 Å². The Bertz CT molecular complexity index is 1010. The van der Waals surface area contributed by atoms with Crippen molar-refractivity contribution in [3.05, 3.63) is 78.5 Å². The van der Waals surface area contributed by atoms with Gasteiger partial charge in [-0.2, -0.15) is 0 Å². The van der Waals surface area contributed by atoms with E-state index in [0.29, 0.717) is 0 Å². The Morgan fingerprint density at radius 1 is 0.708 bits per heavy atom. The number of benzene rings is 3. The van der Waals surface area contributed by atoms with E-state index in [2.05, 4.69) is 29.2 Å². The predicted octanol–water partition coefficient (Wildman–Crippen LogP) is 4.69. The molecule has 0 aliphatic heterocycles.